The summed E-state index contributed by atoms with van der Waals surface area (Å²) in [5, 5.41) is 3.33. The summed E-state index contributed by atoms with van der Waals surface area (Å²) in [7, 11) is 0. The molecule has 0 bridgehead atoms. The van der Waals surface area contributed by atoms with E-state index in [1.165, 1.54) is 0 Å². The Hall–Kier alpha value is -3.52. The molecule has 37 heavy (non-hydrogen) atoms. The van der Waals surface area contributed by atoms with Crippen molar-refractivity contribution in [2.24, 2.45) is 0 Å². The van der Waals surface area contributed by atoms with Gasteiger partial charge in [-0.15, -0.1) is 0 Å². The Morgan fingerprint density at radius 3 is 2.46 bits per heavy atom. The van der Waals surface area contributed by atoms with Crippen LogP contribution in [0, 0.1) is 0 Å². The van der Waals surface area contributed by atoms with Crippen LogP contribution in [-0.2, 0) is 17.8 Å². The van der Waals surface area contributed by atoms with Crippen molar-refractivity contribution in [2.45, 2.75) is 46.7 Å². The predicted octanol–water partition coefficient (Wildman–Crippen LogP) is 4.37. The van der Waals surface area contributed by atoms with Gasteiger partial charge in [0.25, 0.3) is 5.91 Å². The maximum absolute atomic E-state index is 13.8. The SMILES string of the molecule is CCCCn1cc(C(=O)NCc2ccccc2)c(=O)c2cc(OCC)c(N3CCOCC3)c(OCC)c21. The van der Waals surface area contributed by atoms with Crippen molar-refractivity contribution >= 4 is 22.5 Å². The highest BCUT2D eigenvalue weighted by atomic mass is 16.5. The molecule has 2 aromatic carbocycles. The molecule has 0 atom stereocenters. The van der Waals surface area contributed by atoms with Crippen LogP contribution in [0.4, 0.5) is 5.69 Å². The van der Waals surface area contributed by atoms with Gasteiger partial charge in [-0.2, -0.15) is 0 Å². The fourth-order valence-electron chi connectivity index (χ4n) is 4.67. The van der Waals surface area contributed by atoms with Gasteiger partial charge in [-0.25, -0.2) is 0 Å². The van der Waals surface area contributed by atoms with Gasteiger partial charge >= 0.3 is 0 Å². The van der Waals surface area contributed by atoms with Crippen molar-refractivity contribution in [3.8, 4) is 11.5 Å². The molecule has 1 saturated heterocycles. The highest BCUT2D eigenvalue weighted by Crippen LogP contribution is 2.44. The van der Waals surface area contributed by atoms with Crippen molar-refractivity contribution in [1.29, 1.82) is 0 Å². The summed E-state index contributed by atoms with van der Waals surface area (Å²) in [6.07, 6.45) is 3.56. The van der Waals surface area contributed by atoms with E-state index in [9.17, 15) is 9.59 Å². The van der Waals surface area contributed by atoms with Crippen LogP contribution in [0.25, 0.3) is 10.9 Å². The van der Waals surface area contributed by atoms with Crippen molar-refractivity contribution in [3.05, 3.63) is 63.9 Å². The maximum atomic E-state index is 13.8. The monoisotopic (exact) mass is 507 g/mol. The number of anilines is 1. The lowest BCUT2D eigenvalue weighted by atomic mass is 10.1. The Morgan fingerprint density at radius 1 is 1.05 bits per heavy atom. The van der Waals surface area contributed by atoms with Crippen LogP contribution >= 0.6 is 0 Å². The summed E-state index contributed by atoms with van der Waals surface area (Å²) in [5.74, 6) is 0.810. The molecule has 1 N–H and O–H groups in total. The Morgan fingerprint density at radius 2 is 1.78 bits per heavy atom. The number of morpholine rings is 1. The molecule has 0 unspecified atom stereocenters. The molecule has 0 saturated carbocycles. The number of aryl methyl sites for hydroxylation is 1. The Bertz CT molecular complexity index is 1270. The summed E-state index contributed by atoms with van der Waals surface area (Å²) in [5.41, 5.74) is 2.29. The average Bonchev–Trinajstić information content (AvgIpc) is 2.93. The molecule has 198 valence electrons. The van der Waals surface area contributed by atoms with Crippen LogP contribution in [0.3, 0.4) is 0 Å². The molecule has 0 spiro atoms. The highest BCUT2D eigenvalue weighted by Gasteiger charge is 2.27. The van der Waals surface area contributed by atoms with Gasteiger partial charge in [-0.1, -0.05) is 43.7 Å². The summed E-state index contributed by atoms with van der Waals surface area (Å²) >= 11 is 0. The lowest BCUT2D eigenvalue weighted by Gasteiger charge is -2.32. The number of carbonyl (C=O) groups is 1. The minimum absolute atomic E-state index is 0.114. The number of ether oxygens (including phenoxy) is 3. The van der Waals surface area contributed by atoms with Crippen molar-refractivity contribution in [3.63, 3.8) is 0 Å². The Balaban J connectivity index is 1.89. The summed E-state index contributed by atoms with van der Waals surface area (Å²) in [4.78, 5) is 29.2. The van der Waals surface area contributed by atoms with Gasteiger partial charge in [0, 0.05) is 32.4 Å². The van der Waals surface area contributed by atoms with Gasteiger partial charge in [0.1, 0.15) is 17.0 Å². The quantitative estimate of drug-likeness (QED) is 0.415. The number of nitrogens with one attached hydrogen (secondary N) is 1. The van der Waals surface area contributed by atoms with Crippen LogP contribution in [-0.4, -0.2) is 50.0 Å². The molecule has 4 rings (SSSR count). The molecule has 3 aromatic rings. The highest BCUT2D eigenvalue weighted by molar-refractivity contribution is 6.01. The third-order valence-electron chi connectivity index (χ3n) is 6.46. The molecule has 1 amide bonds. The molecule has 1 aromatic heterocycles. The Kier molecular flexibility index (Phi) is 9.06. The van der Waals surface area contributed by atoms with Crippen LogP contribution in [0.1, 0.15) is 49.5 Å². The zero-order valence-corrected chi connectivity index (χ0v) is 22.0. The number of hydrogen-bond donors (Lipinski definition) is 1. The van der Waals surface area contributed by atoms with Gasteiger partial charge in [0.2, 0.25) is 5.43 Å². The largest absolute Gasteiger partial charge is 0.492 e. The number of pyridine rings is 1. The first-order chi connectivity index (χ1) is 18.1. The molecule has 8 heteroatoms. The van der Waals surface area contributed by atoms with Crippen LogP contribution in [0.5, 0.6) is 11.5 Å². The van der Waals surface area contributed by atoms with Crippen LogP contribution in [0.15, 0.2) is 47.4 Å². The number of fused-ring (bicyclic) bond motifs is 1. The predicted molar refractivity (Wildman–Crippen MR) is 146 cm³/mol. The van der Waals surface area contributed by atoms with Gasteiger partial charge in [-0.05, 0) is 31.9 Å². The number of amides is 1. The zero-order valence-electron chi connectivity index (χ0n) is 22.0. The number of rotatable bonds is 11. The molecule has 1 fully saturated rings. The van der Waals surface area contributed by atoms with E-state index in [0.29, 0.717) is 75.0 Å². The maximum Gasteiger partial charge on any atom is 0.257 e. The van der Waals surface area contributed by atoms with Gasteiger partial charge in [-0.3, -0.25) is 9.59 Å². The third kappa shape index (κ3) is 5.91. The van der Waals surface area contributed by atoms with E-state index >= 15 is 0 Å². The minimum Gasteiger partial charge on any atom is -0.492 e. The lowest BCUT2D eigenvalue weighted by Crippen LogP contribution is -2.37. The average molecular weight is 508 g/mol. The molecule has 1 aliphatic rings. The van der Waals surface area contributed by atoms with Crippen molar-refractivity contribution < 1.29 is 19.0 Å². The van der Waals surface area contributed by atoms with Crippen molar-refractivity contribution in [1.82, 2.24) is 9.88 Å². The Labute approximate surface area is 218 Å². The fraction of sp³-hybridized carbons (Fsp3) is 0.448. The number of aromatic nitrogens is 1. The number of benzene rings is 2. The molecule has 2 heterocycles. The number of hydrogen-bond acceptors (Lipinski definition) is 6. The van der Waals surface area contributed by atoms with Gasteiger partial charge in [0.05, 0.1) is 37.3 Å². The summed E-state index contributed by atoms with van der Waals surface area (Å²) in [6, 6.07) is 11.4. The van der Waals surface area contributed by atoms with E-state index in [1.54, 1.807) is 12.3 Å². The van der Waals surface area contributed by atoms with E-state index in [0.717, 1.165) is 24.1 Å². The van der Waals surface area contributed by atoms with E-state index < -0.39 is 5.91 Å². The molecular formula is C29H37N3O5. The third-order valence-corrected chi connectivity index (χ3v) is 6.46. The minimum atomic E-state index is -0.394. The summed E-state index contributed by atoms with van der Waals surface area (Å²) in [6.45, 7) is 10.5. The standard InChI is InChI=1S/C29H37N3O5/c1-4-7-13-32-20-23(29(34)30-19-21-11-9-8-10-12-21)27(33)22-18-24(36-5-2)26(28(25(22)32)37-6-3)31-14-16-35-17-15-31/h8-12,18,20H,4-7,13-17,19H2,1-3H3,(H,30,34). The molecule has 0 aliphatic carbocycles. The van der Waals surface area contributed by atoms with Crippen molar-refractivity contribution in [2.75, 3.05) is 44.4 Å². The number of unbranched alkanes of at least 4 members (excludes halogenated alkanes) is 1. The lowest BCUT2D eigenvalue weighted by molar-refractivity contribution is 0.0949. The first kappa shape index (κ1) is 26.5. The second kappa shape index (κ2) is 12.6. The molecule has 8 nitrogen and oxygen atoms in total. The van der Waals surface area contributed by atoms with E-state index in [2.05, 4.69) is 17.1 Å². The second-order valence-corrected chi connectivity index (χ2v) is 9.00. The van der Waals surface area contributed by atoms with Gasteiger partial charge in [0.15, 0.2) is 5.75 Å². The topological polar surface area (TPSA) is 82.0 Å². The smallest absolute Gasteiger partial charge is 0.257 e. The molecule has 1 aliphatic heterocycles. The normalized spacial score (nSPS) is 13.5. The van der Waals surface area contributed by atoms with Crippen LogP contribution in [0.2, 0.25) is 0 Å². The fourth-order valence-corrected chi connectivity index (χ4v) is 4.67. The van der Waals surface area contributed by atoms with Crippen LogP contribution < -0.4 is 25.1 Å². The first-order valence-corrected chi connectivity index (χ1v) is 13.2. The molecule has 0 radical (unpaired) electrons. The number of carbonyl (C=O) groups excluding carboxylic acids is 1. The van der Waals surface area contributed by atoms with E-state index in [4.69, 9.17) is 14.2 Å². The molecular weight excluding hydrogens is 470 g/mol. The summed E-state index contributed by atoms with van der Waals surface area (Å²) < 4.78 is 19.9. The van der Waals surface area contributed by atoms with E-state index in [1.807, 2.05) is 48.7 Å². The number of nitrogens with zero attached hydrogens (tertiary/aromatic N) is 2. The van der Waals surface area contributed by atoms with Gasteiger partial charge < -0.3 is 29.0 Å². The first-order valence-electron chi connectivity index (χ1n) is 13.2. The zero-order chi connectivity index (χ0) is 26.2. The second-order valence-electron chi connectivity index (χ2n) is 9.00. The van der Waals surface area contributed by atoms with E-state index in [-0.39, 0.29) is 11.0 Å².